The third-order valence-corrected chi connectivity index (χ3v) is 3.28. The lowest BCUT2D eigenvalue weighted by molar-refractivity contribution is -0.00461. The minimum atomic E-state index is -0.397. The minimum Gasteiger partial charge on any atom is -0.377 e. The van der Waals surface area contributed by atoms with Crippen LogP contribution in [-0.2, 0) is 9.47 Å². The summed E-state index contributed by atoms with van der Waals surface area (Å²) >= 11 is 0. The van der Waals surface area contributed by atoms with E-state index in [-0.39, 0.29) is 12.2 Å². The number of benzene rings is 1. The van der Waals surface area contributed by atoms with Gasteiger partial charge >= 0.3 is 0 Å². The molecular weight excluding hydrogens is 237 g/mol. The van der Waals surface area contributed by atoms with Gasteiger partial charge in [-0.2, -0.15) is 0 Å². The Hall–Kier alpha value is -1.46. The number of nitrogens with zero attached hydrogens (tertiary/aromatic N) is 1. The Kier molecular flexibility index (Phi) is 3.93. The van der Waals surface area contributed by atoms with Crippen LogP contribution in [0.15, 0.2) is 18.2 Å². The third-order valence-electron chi connectivity index (χ3n) is 3.28. The maximum Gasteiger partial charge on any atom is 0.152 e. The van der Waals surface area contributed by atoms with E-state index in [1.807, 2.05) is 0 Å². The summed E-state index contributed by atoms with van der Waals surface area (Å²) in [5, 5.41) is 0. The Balaban J connectivity index is 2.31. The van der Waals surface area contributed by atoms with Crippen LogP contribution in [0.5, 0.6) is 0 Å². The Bertz CT molecular complexity index is 426. The topological polar surface area (TPSA) is 38.8 Å². The molecule has 0 saturated carbocycles. The molecule has 0 N–H and O–H groups in total. The molecule has 0 aromatic heterocycles. The summed E-state index contributed by atoms with van der Waals surface area (Å²) in [6.45, 7) is 1.02. The predicted molar refractivity (Wildman–Crippen MR) is 65.6 cm³/mol. The average molecular weight is 253 g/mol. The van der Waals surface area contributed by atoms with E-state index in [4.69, 9.17) is 9.47 Å². The molecule has 1 aliphatic heterocycles. The summed E-state index contributed by atoms with van der Waals surface area (Å²) in [5.74, 6) is -0.397. The molecule has 98 valence electrons. The Morgan fingerprint density at radius 2 is 1.89 bits per heavy atom. The number of carbonyl (C=O) groups excluding carboxylic acids is 1. The van der Waals surface area contributed by atoms with E-state index in [1.54, 1.807) is 25.2 Å². The van der Waals surface area contributed by atoms with Gasteiger partial charge in [-0.15, -0.1) is 0 Å². The van der Waals surface area contributed by atoms with Gasteiger partial charge < -0.3 is 14.4 Å². The highest BCUT2D eigenvalue weighted by Gasteiger charge is 2.34. The Labute approximate surface area is 105 Å². The summed E-state index contributed by atoms with van der Waals surface area (Å²) in [6.07, 6.45) is 0.434. The zero-order valence-electron chi connectivity index (χ0n) is 10.4. The fraction of sp³-hybridized carbons (Fsp3) is 0.462. The fourth-order valence-corrected chi connectivity index (χ4v) is 2.34. The van der Waals surface area contributed by atoms with Gasteiger partial charge in [-0.3, -0.25) is 4.79 Å². The number of ether oxygens (including phenoxy) is 2. The van der Waals surface area contributed by atoms with Crippen molar-refractivity contribution in [3.8, 4) is 0 Å². The number of methoxy groups -OCH3 is 2. The lowest BCUT2D eigenvalue weighted by Crippen LogP contribution is -2.27. The molecule has 4 nitrogen and oxygen atoms in total. The van der Waals surface area contributed by atoms with E-state index in [0.29, 0.717) is 30.6 Å². The molecule has 1 aliphatic rings. The Morgan fingerprint density at radius 3 is 2.39 bits per heavy atom. The van der Waals surface area contributed by atoms with Crippen molar-refractivity contribution >= 4 is 12.0 Å². The van der Waals surface area contributed by atoms with Crippen molar-refractivity contribution in [1.29, 1.82) is 0 Å². The number of anilines is 1. The molecule has 0 spiro atoms. The number of para-hydroxylation sites is 1. The van der Waals surface area contributed by atoms with E-state index < -0.39 is 5.82 Å². The summed E-state index contributed by atoms with van der Waals surface area (Å²) in [5.41, 5.74) is 0.677. The normalized spacial score (nSPS) is 23.4. The quantitative estimate of drug-likeness (QED) is 0.762. The molecule has 1 saturated heterocycles. The van der Waals surface area contributed by atoms with Crippen LogP contribution in [0.2, 0.25) is 0 Å². The monoisotopic (exact) mass is 253 g/mol. The van der Waals surface area contributed by atoms with Gasteiger partial charge in [0, 0.05) is 32.9 Å². The molecule has 0 amide bonds. The average Bonchev–Trinajstić information content (AvgIpc) is 2.81. The third kappa shape index (κ3) is 2.23. The lowest BCUT2D eigenvalue weighted by atomic mass is 10.1. The van der Waals surface area contributed by atoms with Gasteiger partial charge in [0.1, 0.15) is 18.0 Å². The predicted octanol–water partition coefficient (Wildman–Crippen LogP) is 1.49. The van der Waals surface area contributed by atoms with E-state index in [0.717, 1.165) is 0 Å². The second-order valence-corrected chi connectivity index (χ2v) is 4.25. The van der Waals surface area contributed by atoms with Crippen molar-refractivity contribution < 1.29 is 18.7 Å². The highest BCUT2D eigenvalue weighted by atomic mass is 19.1. The first-order valence-electron chi connectivity index (χ1n) is 5.75. The van der Waals surface area contributed by atoms with Gasteiger partial charge in [-0.1, -0.05) is 6.07 Å². The number of rotatable bonds is 4. The second kappa shape index (κ2) is 5.46. The number of halogens is 1. The van der Waals surface area contributed by atoms with Crippen LogP contribution in [0.25, 0.3) is 0 Å². The van der Waals surface area contributed by atoms with Crippen molar-refractivity contribution in [2.45, 2.75) is 12.2 Å². The van der Waals surface area contributed by atoms with Gasteiger partial charge in [0.05, 0.1) is 5.69 Å². The van der Waals surface area contributed by atoms with E-state index in [2.05, 4.69) is 0 Å². The molecule has 2 rings (SSSR count). The van der Waals surface area contributed by atoms with Gasteiger partial charge in [0.25, 0.3) is 0 Å². The van der Waals surface area contributed by atoms with Crippen molar-refractivity contribution in [2.75, 3.05) is 32.2 Å². The van der Waals surface area contributed by atoms with Crippen LogP contribution in [0.3, 0.4) is 0 Å². The zero-order chi connectivity index (χ0) is 13.1. The summed E-state index contributed by atoms with van der Waals surface area (Å²) < 4.78 is 24.5. The van der Waals surface area contributed by atoms with Crippen molar-refractivity contribution in [3.63, 3.8) is 0 Å². The minimum absolute atomic E-state index is 0.117. The fourth-order valence-electron chi connectivity index (χ4n) is 2.34. The molecule has 0 aliphatic carbocycles. The largest absolute Gasteiger partial charge is 0.377 e. The van der Waals surface area contributed by atoms with Crippen molar-refractivity contribution in [1.82, 2.24) is 0 Å². The van der Waals surface area contributed by atoms with Gasteiger partial charge in [0.2, 0.25) is 0 Å². The smallest absolute Gasteiger partial charge is 0.152 e. The summed E-state index contributed by atoms with van der Waals surface area (Å²) in [7, 11) is 3.20. The molecular formula is C13H16FNO3. The second-order valence-electron chi connectivity index (χ2n) is 4.25. The molecule has 5 heteroatoms. The molecule has 1 aromatic carbocycles. The zero-order valence-corrected chi connectivity index (χ0v) is 10.4. The van der Waals surface area contributed by atoms with Gasteiger partial charge in [0.15, 0.2) is 6.29 Å². The number of hydrogen-bond donors (Lipinski definition) is 0. The molecule has 0 bridgehead atoms. The van der Waals surface area contributed by atoms with Crippen LogP contribution in [0.1, 0.15) is 10.4 Å². The van der Waals surface area contributed by atoms with E-state index in [9.17, 15) is 9.18 Å². The van der Waals surface area contributed by atoms with E-state index in [1.165, 1.54) is 12.1 Å². The van der Waals surface area contributed by atoms with Gasteiger partial charge in [-0.05, 0) is 12.1 Å². The van der Waals surface area contributed by atoms with Crippen molar-refractivity contribution in [3.05, 3.63) is 29.6 Å². The van der Waals surface area contributed by atoms with Crippen LogP contribution in [0.4, 0.5) is 10.1 Å². The van der Waals surface area contributed by atoms with Crippen LogP contribution >= 0.6 is 0 Å². The SMILES string of the molecule is COC1CN(c2c(F)cccc2C=O)CC1OC. The van der Waals surface area contributed by atoms with Crippen molar-refractivity contribution in [2.24, 2.45) is 0 Å². The Morgan fingerprint density at radius 1 is 1.28 bits per heavy atom. The van der Waals surface area contributed by atoms with E-state index >= 15 is 0 Å². The van der Waals surface area contributed by atoms with Crippen LogP contribution in [0, 0.1) is 5.82 Å². The molecule has 2 unspecified atom stereocenters. The maximum atomic E-state index is 13.9. The highest BCUT2D eigenvalue weighted by molar-refractivity contribution is 5.85. The first-order chi connectivity index (χ1) is 8.71. The molecule has 1 heterocycles. The molecule has 1 aromatic rings. The number of carbonyl (C=O) groups is 1. The molecule has 2 atom stereocenters. The summed E-state index contributed by atoms with van der Waals surface area (Å²) in [4.78, 5) is 12.8. The maximum absolute atomic E-state index is 13.9. The van der Waals surface area contributed by atoms with Crippen LogP contribution < -0.4 is 4.90 Å². The molecule has 0 radical (unpaired) electrons. The molecule has 18 heavy (non-hydrogen) atoms. The van der Waals surface area contributed by atoms with Crippen LogP contribution in [-0.4, -0.2) is 45.8 Å². The number of aldehydes is 1. The van der Waals surface area contributed by atoms with Gasteiger partial charge in [-0.25, -0.2) is 4.39 Å². The lowest BCUT2D eigenvalue weighted by Gasteiger charge is -2.20. The highest BCUT2D eigenvalue weighted by Crippen LogP contribution is 2.28. The molecule has 1 fully saturated rings. The standard InChI is InChI=1S/C13H16FNO3/c1-17-11-6-15(7-12(11)18-2)13-9(8-16)4-3-5-10(13)14/h3-5,8,11-12H,6-7H2,1-2H3. The number of hydrogen-bond acceptors (Lipinski definition) is 4. The first-order valence-corrected chi connectivity index (χ1v) is 5.75. The summed E-state index contributed by atoms with van der Waals surface area (Å²) in [6, 6.07) is 4.48. The first kappa shape index (κ1) is 13.0.